The summed E-state index contributed by atoms with van der Waals surface area (Å²) in [7, 11) is 0. The third kappa shape index (κ3) is 6.35. The molecule has 0 spiro atoms. The van der Waals surface area contributed by atoms with E-state index < -0.39 is 0 Å². The minimum Gasteiger partial charge on any atom is -0.310 e. The number of hydrogen-bond donors (Lipinski definition) is 0. The molecule has 0 aliphatic carbocycles. The second kappa shape index (κ2) is 15.8. The van der Waals surface area contributed by atoms with E-state index in [2.05, 4.69) is 264 Å². The van der Waals surface area contributed by atoms with Crippen LogP contribution in [-0.4, -0.2) is 4.57 Å². The van der Waals surface area contributed by atoms with Gasteiger partial charge in [0.2, 0.25) is 0 Å². The van der Waals surface area contributed by atoms with Crippen LogP contribution in [-0.2, 0) is 0 Å². The van der Waals surface area contributed by atoms with Crippen molar-refractivity contribution in [3.8, 4) is 50.2 Å². The summed E-state index contributed by atoms with van der Waals surface area (Å²) in [5, 5.41) is 7.42. The minimum absolute atomic E-state index is 1.07. The van der Waals surface area contributed by atoms with Crippen molar-refractivity contribution in [1.82, 2.24) is 4.57 Å². The molecular formula is C62H42N2. The predicted octanol–water partition coefficient (Wildman–Crippen LogP) is 17.2. The molecule has 12 rings (SSSR count). The van der Waals surface area contributed by atoms with Crippen molar-refractivity contribution in [1.29, 1.82) is 0 Å². The third-order valence-corrected chi connectivity index (χ3v) is 12.8. The quantitative estimate of drug-likeness (QED) is 0.139. The highest BCUT2D eigenvalue weighted by Gasteiger charge is 2.23. The van der Waals surface area contributed by atoms with Gasteiger partial charge in [0.15, 0.2) is 0 Å². The zero-order valence-corrected chi connectivity index (χ0v) is 35.1. The summed E-state index contributed by atoms with van der Waals surface area (Å²) in [4.78, 5) is 2.44. The molecule has 0 saturated heterocycles. The molecule has 0 fully saturated rings. The molecule has 0 bridgehead atoms. The molecule has 0 aliphatic heterocycles. The van der Waals surface area contributed by atoms with Crippen LogP contribution in [0.15, 0.2) is 255 Å². The number of hydrogen-bond acceptors (Lipinski definition) is 1. The number of rotatable bonds is 8. The molecule has 0 saturated carbocycles. The van der Waals surface area contributed by atoms with Crippen LogP contribution in [0.25, 0.3) is 93.5 Å². The maximum absolute atomic E-state index is 2.45. The molecule has 2 nitrogen and oxygen atoms in total. The molecule has 0 atom stereocenters. The van der Waals surface area contributed by atoms with Gasteiger partial charge in [0.1, 0.15) is 0 Å². The van der Waals surface area contributed by atoms with E-state index in [0.717, 1.165) is 45.0 Å². The van der Waals surface area contributed by atoms with Gasteiger partial charge in [0.05, 0.1) is 22.4 Å². The van der Waals surface area contributed by atoms with E-state index in [9.17, 15) is 0 Å². The molecule has 12 aromatic rings. The summed E-state index contributed by atoms with van der Waals surface area (Å²) in [5.74, 6) is 0. The molecule has 64 heavy (non-hydrogen) atoms. The van der Waals surface area contributed by atoms with Gasteiger partial charge in [0.25, 0.3) is 0 Å². The van der Waals surface area contributed by atoms with Crippen LogP contribution >= 0.6 is 0 Å². The van der Waals surface area contributed by atoms with Gasteiger partial charge in [-0.05, 0) is 110 Å². The number of nitrogens with zero attached hydrogens (tertiary/aromatic N) is 2. The molecule has 2 heteroatoms. The van der Waals surface area contributed by atoms with Crippen molar-refractivity contribution in [2.24, 2.45) is 0 Å². The van der Waals surface area contributed by atoms with E-state index in [4.69, 9.17) is 0 Å². The Labute approximate surface area is 373 Å². The monoisotopic (exact) mass is 814 g/mol. The summed E-state index contributed by atoms with van der Waals surface area (Å²) in [6, 6.07) is 92.9. The zero-order valence-electron chi connectivity index (χ0n) is 35.1. The standard InChI is InChI=1S/C62H42N2/c1-3-19-43(20-4-1)44-35-37-47(38-36-44)63(59-31-15-11-25-50(59)45-21-5-2-6-22-45)48-39-40-53(58(42-48)57-41-46-23-7-8-24-49(46)51-26-9-10-27-52(51)57)54-28-12-16-32-60(54)64-61-33-17-13-29-55(61)56-30-14-18-34-62(56)64/h1-42H. The molecule has 300 valence electrons. The summed E-state index contributed by atoms with van der Waals surface area (Å²) in [6.07, 6.45) is 0. The highest BCUT2D eigenvalue weighted by molar-refractivity contribution is 6.16. The summed E-state index contributed by atoms with van der Waals surface area (Å²) in [6.45, 7) is 0. The molecule has 1 heterocycles. The highest BCUT2D eigenvalue weighted by Crippen LogP contribution is 2.47. The fourth-order valence-electron chi connectivity index (χ4n) is 9.88. The molecule has 0 amide bonds. The fraction of sp³-hybridized carbons (Fsp3) is 0. The van der Waals surface area contributed by atoms with E-state index in [1.807, 2.05) is 0 Å². The Hall–Kier alpha value is -8.46. The lowest BCUT2D eigenvalue weighted by atomic mass is 9.88. The first-order chi connectivity index (χ1) is 31.8. The minimum atomic E-state index is 1.07. The molecule has 0 unspecified atom stereocenters. The molecule has 0 aliphatic rings. The Balaban J connectivity index is 1.15. The van der Waals surface area contributed by atoms with Gasteiger partial charge >= 0.3 is 0 Å². The third-order valence-electron chi connectivity index (χ3n) is 12.8. The highest BCUT2D eigenvalue weighted by atomic mass is 15.1. The molecule has 1 aromatic heterocycles. The first-order valence-electron chi connectivity index (χ1n) is 22.0. The van der Waals surface area contributed by atoms with Crippen LogP contribution in [0.4, 0.5) is 17.1 Å². The number of aromatic nitrogens is 1. The Morgan fingerprint density at radius 3 is 1.50 bits per heavy atom. The van der Waals surface area contributed by atoms with Gasteiger partial charge in [0, 0.05) is 33.3 Å². The van der Waals surface area contributed by atoms with Crippen molar-refractivity contribution in [3.63, 3.8) is 0 Å². The van der Waals surface area contributed by atoms with Crippen molar-refractivity contribution < 1.29 is 0 Å². The van der Waals surface area contributed by atoms with Gasteiger partial charge in [-0.25, -0.2) is 0 Å². The summed E-state index contributed by atoms with van der Waals surface area (Å²) in [5.41, 5.74) is 16.2. The maximum atomic E-state index is 2.45. The van der Waals surface area contributed by atoms with Crippen molar-refractivity contribution >= 4 is 60.4 Å². The Morgan fingerprint density at radius 1 is 0.266 bits per heavy atom. The van der Waals surface area contributed by atoms with Gasteiger partial charge in [-0.2, -0.15) is 0 Å². The Kier molecular flexibility index (Phi) is 9.20. The number of para-hydroxylation sites is 4. The van der Waals surface area contributed by atoms with E-state index in [1.165, 1.54) is 65.6 Å². The summed E-state index contributed by atoms with van der Waals surface area (Å²) >= 11 is 0. The molecule has 0 radical (unpaired) electrons. The van der Waals surface area contributed by atoms with Crippen molar-refractivity contribution in [3.05, 3.63) is 255 Å². The van der Waals surface area contributed by atoms with Crippen LogP contribution in [0.2, 0.25) is 0 Å². The van der Waals surface area contributed by atoms with E-state index in [0.29, 0.717) is 0 Å². The zero-order chi connectivity index (χ0) is 42.4. The van der Waals surface area contributed by atoms with E-state index >= 15 is 0 Å². The lowest BCUT2D eigenvalue weighted by molar-refractivity contribution is 1.18. The Bertz CT molecular complexity index is 3610. The topological polar surface area (TPSA) is 8.17 Å². The number of benzene rings is 11. The van der Waals surface area contributed by atoms with Crippen molar-refractivity contribution in [2.45, 2.75) is 0 Å². The van der Waals surface area contributed by atoms with Crippen LogP contribution in [0.3, 0.4) is 0 Å². The molecule has 11 aromatic carbocycles. The molecule has 0 N–H and O–H groups in total. The second-order valence-electron chi connectivity index (χ2n) is 16.4. The van der Waals surface area contributed by atoms with Crippen LogP contribution in [0, 0.1) is 0 Å². The SMILES string of the molecule is c1ccc(-c2ccc(N(c3ccc(-c4ccccc4-n4c5ccccc5c5ccccc54)c(-c4cc5ccccc5c5ccccc45)c3)c3ccccc3-c3ccccc3)cc2)cc1. The van der Waals surface area contributed by atoms with Crippen molar-refractivity contribution in [2.75, 3.05) is 4.90 Å². The summed E-state index contributed by atoms with van der Waals surface area (Å²) < 4.78 is 2.45. The largest absolute Gasteiger partial charge is 0.310 e. The van der Waals surface area contributed by atoms with E-state index in [1.54, 1.807) is 0 Å². The fourth-order valence-corrected chi connectivity index (χ4v) is 9.88. The first kappa shape index (κ1) is 37.3. The predicted molar refractivity (Wildman–Crippen MR) is 272 cm³/mol. The van der Waals surface area contributed by atoms with Gasteiger partial charge < -0.3 is 9.47 Å². The maximum Gasteiger partial charge on any atom is 0.0541 e. The normalized spacial score (nSPS) is 11.4. The lowest BCUT2D eigenvalue weighted by Gasteiger charge is -2.29. The molecular weight excluding hydrogens is 773 g/mol. The van der Waals surface area contributed by atoms with Gasteiger partial charge in [-0.1, -0.05) is 200 Å². The Morgan fingerprint density at radius 2 is 0.781 bits per heavy atom. The second-order valence-corrected chi connectivity index (χ2v) is 16.4. The van der Waals surface area contributed by atoms with E-state index in [-0.39, 0.29) is 0 Å². The lowest BCUT2D eigenvalue weighted by Crippen LogP contribution is -2.11. The number of fused-ring (bicyclic) bond motifs is 6. The average Bonchev–Trinajstić information content (AvgIpc) is 3.71. The van der Waals surface area contributed by atoms with Gasteiger partial charge in [-0.3, -0.25) is 0 Å². The smallest absolute Gasteiger partial charge is 0.0541 e. The van der Waals surface area contributed by atoms with Gasteiger partial charge in [-0.15, -0.1) is 0 Å². The first-order valence-corrected chi connectivity index (χ1v) is 22.0. The average molecular weight is 815 g/mol. The van der Waals surface area contributed by atoms with Crippen LogP contribution in [0.5, 0.6) is 0 Å². The van der Waals surface area contributed by atoms with Crippen LogP contribution < -0.4 is 4.90 Å². The number of anilines is 3. The van der Waals surface area contributed by atoms with Crippen LogP contribution in [0.1, 0.15) is 0 Å².